The highest BCUT2D eigenvalue weighted by molar-refractivity contribution is 6.30. The molecule has 1 rings (SSSR count). The van der Waals surface area contributed by atoms with Gasteiger partial charge >= 0.3 is 5.97 Å². The number of allylic oxidation sites excluding steroid dienone is 2. The lowest BCUT2D eigenvalue weighted by molar-refractivity contribution is -0.137. The summed E-state index contributed by atoms with van der Waals surface area (Å²) < 4.78 is 10.4. The van der Waals surface area contributed by atoms with E-state index >= 15 is 0 Å². The summed E-state index contributed by atoms with van der Waals surface area (Å²) in [5.41, 5.74) is 0. The van der Waals surface area contributed by atoms with Crippen molar-refractivity contribution in [3.05, 3.63) is 22.6 Å². The van der Waals surface area contributed by atoms with Gasteiger partial charge in [0, 0.05) is 13.0 Å². The minimum atomic E-state index is -0.392. The van der Waals surface area contributed by atoms with Crippen LogP contribution in [0, 0.1) is 0 Å². The van der Waals surface area contributed by atoms with Crippen LogP contribution in [0.25, 0.3) is 0 Å². The maximum atomic E-state index is 10.8. The molecule has 1 aliphatic heterocycles. The Balaban J connectivity index is 2.86. The first-order chi connectivity index (χ1) is 6.91. The van der Waals surface area contributed by atoms with Gasteiger partial charge < -0.3 is 9.47 Å². The Hall–Kier alpha value is -1.00. The second-order valence-electron chi connectivity index (χ2n) is 3.48. The van der Waals surface area contributed by atoms with Gasteiger partial charge in [0.25, 0.3) is 0 Å². The lowest BCUT2D eigenvalue weighted by Gasteiger charge is -2.28. The average molecular weight is 232 g/mol. The van der Waals surface area contributed by atoms with Gasteiger partial charge in [-0.1, -0.05) is 11.6 Å². The minimum Gasteiger partial charge on any atom is -0.471 e. The van der Waals surface area contributed by atoms with Crippen molar-refractivity contribution < 1.29 is 14.3 Å². The molecule has 5 heteroatoms. The van der Waals surface area contributed by atoms with Crippen molar-refractivity contribution in [3.63, 3.8) is 0 Å². The monoisotopic (exact) mass is 231 g/mol. The fraction of sp³-hybridized carbons (Fsp3) is 0.500. The van der Waals surface area contributed by atoms with E-state index < -0.39 is 5.97 Å². The quantitative estimate of drug-likeness (QED) is 0.680. The van der Waals surface area contributed by atoms with Crippen LogP contribution < -0.4 is 0 Å². The van der Waals surface area contributed by atoms with Crippen molar-refractivity contribution in [1.82, 2.24) is 4.90 Å². The second kappa shape index (κ2) is 4.68. The van der Waals surface area contributed by atoms with E-state index in [2.05, 4.69) is 0 Å². The molecule has 0 aromatic heterocycles. The first-order valence-electron chi connectivity index (χ1n) is 4.51. The highest BCUT2D eigenvalue weighted by atomic mass is 35.5. The highest BCUT2D eigenvalue weighted by Crippen LogP contribution is 2.27. The molecule has 0 N–H and O–H groups in total. The fourth-order valence-corrected chi connectivity index (χ4v) is 1.53. The predicted molar refractivity (Wildman–Crippen MR) is 57.0 cm³/mol. The van der Waals surface area contributed by atoms with E-state index in [-0.39, 0.29) is 6.23 Å². The number of hydrogen-bond acceptors (Lipinski definition) is 4. The maximum absolute atomic E-state index is 10.8. The molecular weight excluding hydrogens is 218 g/mol. The highest BCUT2D eigenvalue weighted by Gasteiger charge is 2.24. The van der Waals surface area contributed by atoms with Gasteiger partial charge in [-0.2, -0.15) is 0 Å². The third-order valence-electron chi connectivity index (χ3n) is 1.86. The molecule has 0 aliphatic carbocycles. The van der Waals surface area contributed by atoms with Crippen LogP contribution in [0.1, 0.15) is 13.8 Å². The van der Waals surface area contributed by atoms with Crippen LogP contribution in [0.4, 0.5) is 0 Å². The summed E-state index contributed by atoms with van der Waals surface area (Å²) in [6.45, 7) is 3.06. The van der Waals surface area contributed by atoms with Gasteiger partial charge in [-0.05, 0) is 21.0 Å². The van der Waals surface area contributed by atoms with E-state index in [0.29, 0.717) is 16.6 Å². The lowest BCUT2D eigenvalue weighted by atomic mass is 10.3. The summed E-state index contributed by atoms with van der Waals surface area (Å²) in [7, 11) is 3.70. The van der Waals surface area contributed by atoms with Gasteiger partial charge in [0.15, 0.2) is 12.0 Å². The number of likely N-dealkylation sites (N-methyl/N-ethyl adjacent to an activating group) is 1. The first kappa shape index (κ1) is 12.1. The van der Waals surface area contributed by atoms with Crippen LogP contribution in [0.3, 0.4) is 0 Å². The Bertz CT molecular complexity index is 334. The summed E-state index contributed by atoms with van der Waals surface area (Å²) in [5.74, 6) is 0.524. The number of esters is 1. The maximum Gasteiger partial charge on any atom is 0.308 e. The van der Waals surface area contributed by atoms with E-state index in [1.54, 1.807) is 13.0 Å². The van der Waals surface area contributed by atoms with Crippen molar-refractivity contribution >= 4 is 17.6 Å². The summed E-state index contributed by atoms with van der Waals surface area (Å²) in [5, 5.41) is 0.488. The topological polar surface area (TPSA) is 38.8 Å². The third kappa shape index (κ3) is 2.97. The molecule has 0 radical (unpaired) electrons. The van der Waals surface area contributed by atoms with Crippen molar-refractivity contribution in [2.24, 2.45) is 0 Å². The SMILES string of the molecule is CC(=O)OC1=C(C)OC(N(C)C)C(Cl)=C1. The predicted octanol–water partition coefficient (Wildman–Crippen LogP) is 1.82. The standard InChI is InChI=1S/C10H14ClNO3/c1-6-9(15-7(2)13)5-8(11)10(14-6)12(3)4/h5,10H,1-4H3. The van der Waals surface area contributed by atoms with Crippen LogP contribution >= 0.6 is 11.6 Å². The number of carbonyl (C=O) groups is 1. The molecule has 0 aromatic carbocycles. The molecule has 1 unspecified atom stereocenters. The zero-order valence-electron chi connectivity index (χ0n) is 9.20. The van der Waals surface area contributed by atoms with Gasteiger partial charge in [-0.3, -0.25) is 9.69 Å². The summed E-state index contributed by atoms with van der Waals surface area (Å²) in [6, 6.07) is 0. The normalized spacial score (nSPS) is 21.2. The molecule has 0 spiro atoms. The smallest absolute Gasteiger partial charge is 0.308 e. The zero-order valence-corrected chi connectivity index (χ0v) is 9.96. The molecule has 84 valence electrons. The number of hydrogen-bond donors (Lipinski definition) is 0. The Morgan fingerprint density at radius 2 is 2.20 bits per heavy atom. The number of ether oxygens (including phenoxy) is 2. The molecule has 1 aliphatic rings. The number of carbonyl (C=O) groups excluding carboxylic acids is 1. The van der Waals surface area contributed by atoms with Crippen LogP contribution in [-0.2, 0) is 14.3 Å². The van der Waals surface area contributed by atoms with Crippen LogP contribution in [0.2, 0.25) is 0 Å². The van der Waals surface area contributed by atoms with E-state index in [9.17, 15) is 4.79 Å². The summed E-state index contributed by atoms with van der Waals surface area (Å²) in [6.07, 6.45) is 1.29. The van der Waals surface area contributed by atoms with Gasteiger partial charge in [0.1, 0.15) is 5.76 Å². The largest absolute Gasteiger partial charge is 0.471 e. The molecule has 0 fully saturated rings. The minimum absolute atomic E-state index is 0.314. The molecule has 0 bridgehead atoms. The van der Waals surface area contributed by atoms with Crippen molar-refractivity contribution in [2.45, 2.75) is 20.1 Å². The first-order valence-corrected chi connectivity index (χ1v) is 4.89. The number of rotatable bonds is 2. The van der Waals surface area contributed by atoms with Gasteiger partial charge in [-0.25, -0.2) is 0 Å². The van der Waals surface area contributed by atoms with Crippen molar-refractivity contribution in [3.8, 4) is 0 Å². The van der Waals surface area contributed by atoms with Crippen molar-refractivity contribution in [2.75, 3.05) is 14.1 Å². The Kier molecular flexibility index (Phi) is 3.77. The summed E-state index contributed by atoms with van der Waals surface area (Å²) >= 11 is 5.99. The molecule has 0 saturated heterocycles. The Morgan fingerprint density at radius 3 is 2.67 bits per heavy atom. The van der Waals surface area contributed by atoms with E-state index in [1.807, 2.05) is 19.0 Å². The molecular formula is C10H14ClNO3. The number of halogens is 1. The molecule has 0 saturated carbocycles. The van der Waals surface area contributed by atoms with E-state index in [1.165, 1.54) is 6.92 Å². The molecule has 4 nitrogen and oxygen atoms in total. The third-order valence-corrected chi connectivity index (χ3v) is 2.16. The van der Waals surface area contributed by atoms with Crippen LogP contribution in [0.15, 0.2) is 22.6 Å². The van der Waals surface area contributed by atoms with Gasteiger partial charge in [-0.15, -0.1) is 0 Å². The second-order valence-corrected chi connectivity index (χ2v) is 3.91. The molecule has 1 atom stereocenters. The van der Waals surface area contributed by atoms with Crippen molar-refractivity contribution in [1.29, 1.82) is 0 Å². The molecule has 0 aromatic rings. The van der Waals surface area contributed by atoms with E-state index in [0.717, 1.165) is 0 Å². The van der Waals surface area contributed by atoms with Crippen LogP contribution in [-0.4, -0.2) is 31.2 Å². The van der Waals surface area contributed by atoms with E-state index in [4.69, 9.17) is 21.1 Å². The zero-order chi connectivity index (χ0) is 11.6. The lowest BCUT2D eigenvalue weighted by Crippen LogP contribution is -2.32. The summed E-state index contributed by atoms with van der Waals surface area (Å²) in [4.78, 5) is 12.6. The fourth-order valence-electron chi connectivity index (χ4n) is 1.19. The van der Waals surface area contributed by atoms with Gasteiger partial charge in [0.05, 0.1) is 5.03 Å². The molecule has 1 heterocycles. The van der Waals surface area contributed by atoms with Gasteiger partial charge in [0.2, 0.25) is 0 Å². The number of nitrogens with zero attached hydrogens (tertiary/aromatic N) is 1. The Labute approximate surface area is 94.1 Å². The van der Waals surface area contributed by atoms with Crippen LogP contribution in [0.5, 0.6) is 0 Å². The Morgan fingerprint density at radius 1 is 1.60 bits per heavy atom. The molecule has 15 heavy (non-hydrogen) atoms. The molecule has 0 amide bonds. The average Bonchev–Trinajstić information content (AvgIpc) is 2.09.